The molecule has 17 heavy (non-hydrogen) atoms. The molecule has 0 aliphatic heterocycles. The van der Waals surface area contributed by atoms with Crippen LogP contribution in [-0.2, 0) is 15.4 Å². The number of amides is 1. The van der Waals surface area contributed by atoms with Gasteiger partial charge in [0.1, 0.15) is 0 Å². The summed E-state index contributed by atoms with van der Waals surface area (Å²) in [5.41, 5.74) is 1.57. The first-order chi connectivity index (χ1) is 8.21. The number of benzene rings is 1. The second kappa shape index (κ2) is 7.27. The van der Waals surface area contributed by atoms with Gasteiger partial charge in [-0.2, -0.15) is 0 Å². The molecule has 0 saturated carbocycles. The SMILES string of the molecule is COC(CNC(=O)c1ccc(CCl)cc1)OC. The average molecular weight is 258 g/mol. The molecule has 4 nitrogen and oxygen atoms in total. The lowest BCUT2D eigenvalue weighted by molar-refractivity contribution is -0.0974. The fraction of sp³-hybridized carbons (Fsp3) is 0.417. The first kappa shape index (κ1) is 14.0. The topological polar surface area (TPSA) is 47.6 Å². The summed E-state index contributed by atoms with van der Waals surface area (Å²) in [5, 5.41) is 2.72. The largest absolute Gasteiger partial charge is 0.354 e. The molecule has 1 amide bonds. The number of carbonyl (C=O) groups is 1. The number of carbonyl (C=O) groups excluding carboxylic acids is 1. The molecule has 0 radical (unpaired) electrons. The van der Waals surface area contributed by atoms with E-state index in [0.29, 0.717) is 18.0 Å². The van der Waals surface area contributed by atoms with Gasteiger partial charge in [-0.25, -0.2) is 0 Å². The van der Waals surface area contributed by atoms with Crippen molar-refractivity contribution in [1.29, 1.82) is 0 Å². The summed E-state index contributed by atoms with van der Waals surface area (Å²) < 4.78 is 9.94. The standard InChI is InChI=1S/C12H16ClNO3/c1-16-11(17-2)8-14-12(15)10-5-3-9(7-13)4-6-10/h3-6,11H,7-8H2,1-2H3,(H,14,15). The predicted molar refractivity (Wildman–Crippen MR) is 66.1 cm³/mol. The molecule has 0 bridgehead atoms. The lowest BCUT2D eigenvalue weighted by Gasteiger charge is -2.14. The maximum absolute atomic E-state index is 11.7. The number of hydrogen-bond donors (Lipinski definition) is 1. The van der Waals surface area contributed by atoms with Gasteiger partial charge in [0, 0.05) is 25.7 Å². The van der Waals surface area contributed by atoms with Gasteiger partial charge in [0.05, 0.1) is 6.54 Å². The van der Waals surface area contributed by atoms with E-state index >= 15 is 0 Å². The highest BCUT2D eigenvalue weighted by Gasteiger charge is 2.09. The maximum atomic E-state index is 11.7. The molecule has 0 atom stereocenters. The third kappa shape index (κ3) is 4.34. The predicted octanol–water partition coefficient (Wildman–Crippen LogP) is 1.77. The first-order valence-corrected chi connectivity index (χ1v) is 5.73. The minimum absolute atomic E-state index is 0.162. The minimum atomic E-state index is -0.430. The Labute approximate surface area is 106 Å². The Bertz CT molecular complexity index is 349. The van der Waals surface area contributed by atoms with Crippen molar-refractivity contribution in [2.75, 3.05) is 20.8 Å². The summed E-state index contributed by atoms with van der Waals surface area (Å²) in [4.78, 5) is 11.7. The number of alkyl halides is 1. The van der Waals surface area contributed by atoms with Gasteiger partial charge in [-0.1, -0.05) is 12.1 Å². The Balaban J connectivity index is 2.51. The van der Waals surface area contributed by atoms with E-state index in [9.17, 15) is 4.79 Å². The number of ether oxygens (including phenoxy) is 2. The summed E-state index contributed by atoms with van der Waals surface area (Å²) in [6.45, 7) is 0.309. The second-order valence-electron chi connectivity index (χ2n) is 3.44. The Hall–Kier alpha value is -1.10. The van der Waals surface area contributed by atoms with E-state index in [2.05, 4.69) is 5.32 Å². The van der Waals surface area contributed by atoms with E-state index in [1.54, 1.807) is 12.1 Å². The number of rotatable bonds is 6. The highest BCUT2D eigenvalue weighted by atomic mass is 35.5. The van der Waals surface area contributed by atoms with Crippen LogP contribution >= 0.6 is 11.6 Å². The Morgan fingerprint density at radius 2 is 1.88 bits per heavy atom. The number of halogens is 1. The average Bonchev–Trinajstić information content (AvgIpc) is 2.39. The summed E-state index contributed by atoms with van der Waals surface area (Å²) >= 11 is 5.67. The van der Waals surface area contributed by atoms with Crippen LogP contribution in [0.4, 0.5) is 0 Å². The fourth-order valence-corrected chi connectivity index (χ4v) is 1.46. The van der Waals surface area contributed by atoms with E-state index in [-0.39, 0.29) is 5.91 Å². The lowest BCUT2D eigenvalue weighted by atomic mass is 10.1. The molecule has 94 valence electrons. The highest BCUT2D eigenvalue weighted by molar-refractivity contribution is 6.17. The van der Waals surface area contributed by atoms with Gasteiger partial charge in [0.2, 0.25) is 0 Å². The van der Waals surface area contributed by atoms with Crippen LogP contribution in [0.3, 0.4) is 0 Å². The molecule has 1 N–H and O–H groups in total. The van der Waals surface area contributed by atoms with Crippen molar-refractivity contribution in [1.82, 2.24) is 5.32 Å². The van der Waals surface area contributed by atoms with E-state index in [4.69, 9.17) is 21.1 Å². The minimum Gasteiger partial charge on any atom is -0.354 e. The third-order valence-electron chi connectivity index (χ3n) is 2.33. The number of methoxy groups -OCH3 is 2. The molecule has 0 spiro atoms. The molecule has 0 aliphatic carbocycles. The molecule has 0 aliphatic rings. The fourth-order valence-electron chi connectivity index (χ4n) is 1.29. The van der Waals surface area contributed by atoms with Gasteiger partial charge in [-0.3, -0.25) is 4.79 Å². The Kier molecular flexibility index (Phi) is 5.97. The van der Waals surface area contributed by atoms with Crippen LogP contribution in [-0.4, -0.2) is 33.0 Å². The third-order valence-corrected chi connectivity index (χ3v) is 2.63. The quantitative estimate of drug-likeness (QED) is 0.624. The van der Waals surface area contributed by atoms with Crippen LogP contribution in [0.25, 0.3) is 0 Å². The molecule has 0 fully saturated rings. The van der Waals surface area contributed by atoms with Crippen LogP contribution in [0.15, 0.2) is 24.3 Å². The van der Waals surface area contributed by atoms with Crippen molar-refractivity contribution >= 4 is 17.5 Å². The number of nitrogens with one attached hydrogen (secondary N) is 1. The summed E-state index contributed by atoms with van der Waals surface area (Å²) in [5.74, 6) is 0.280. The van der Waals surface area contributed by atoms with Gasteiger partial charge < -0.3 is 14.8 Å². The monoisotopic (exact) mass is 257 g/mol. The van der Waals surface area contributed by atoms with Crippen LogP contribution < -0.4 is 5.32 Å². The first-order valence-electron chi connectivity index (χ1n) is 5.20. The summed E-state index contributed by atoms with van der Waals surface area (Å²) in [7, 11) is 3.05. The van der Waals surface area contributed by atoms with Crippen LogP contribution in [0, 0.1) is 0 Å². The van der Waals surface area contributed by atoms with Crippen molar-refractivity contribution < 1.29 is 14.3 Å². The molecule has 1 aromatic carbocycles. The van der Waals surface area contributed by atoms with Crippen molar-refractivity contribution in [2.45, 2.75) is 12.2 Å². The Morgan fingerprint density at radius 3 is 2.35 bits per heavy atom. The normalized spacial score (nSPS) is 10.6. The van der Waals surface area contributed by atoms with Crippen LogP contribution in [0.2, 0.25) is 0 Å². The molecule has 0 aromatic heterocycles. The summed E-state index contributed by atoms with van der Waals surface area (Å²) in [6, 6.07) is 7.13. The smallest absolute Gasteiger partial charge is 0.251 e. The van der Waals surface area contributed by atoms with Gasteiger partial charge in [0.15, 0.2) is 6.29 Å². The van der Waals surface area contributed by atoms with Gasteiger partial charge in [-0.15, -0.1) is 11.6 Å². The Morgan fingerprint density at radius 1 is 1.29 bits per heavy atom. The van der Waals surface area contributed by atoms with E-state index in [1.165, 1.54) is 14.2 Å². The van der Waals surface area contributed by atoms with Crippen molar-refractivity contribution in [2.24, 2.45) is 0 Å². The maximum Gasteiger partial charge on any atom is 0.251 e. The van der Waals surface area contributed by atoms with Crippen LogP contribution in [0.1, 0.15) is 15.9 Å². The van der Waals surface area contributed by atoms with Crippen LogP contribution in [0.5, 0.6) is 0 Å². The molecule has 0 unspecified atom stereocenters. The molecule has 0 heterocycles. The van der Waals surface area contributed by atoms with E-state index in [0.717, 1.165) is 5.56 Å². The van der Waals surface area contributed by atoms with Crippen molar-refractivity contribution in [3.8, 4) is 0 Å². The van der Waals surface area contributed by atoms with E-state index < -0.39 is 6.29 Å². The molecular weight excluding hydrogens is 242 g/mol. The molecule has 5 heteroatoms. The lowest BCUT2D eigenvalue weighted by Crippen LogP contribution is -2.34. The molecule has 1 rings (SSSR count). The van der Waals surface area contributed by atoms with Crippen molar-refractivity contribution in [3.63, 3.8) is 0 Å². The highest BCUT2D eigenvalue weighted by Crippen LogP contribution is 2.06. The zero-order valence-corrected chi connectivity index (χ0v) is 10.7. The molecular formula is C12H16ClNO3. The van der Waals surface area contributed by atoms with Gasteiger partial charge in [0.25, 0.3) is 5.91 Å². The van der Waals surface area contributed by atoms with Gasteiger partial charge in [-0.05, 0) is 17.7 Å². The second-order valence-corrected chi connectivity index (χ2v) is 3.71. The van der Waals surface area contributed by atoms with Crippen molar-refractivity contribution in [3.05, 3.63) is 35.4 Å². The van der Waals surface area contributed by atoms with Gasteiger partial charge >= 0.3 is 0 Å². The molecule has 0 saturated heterocycles. The zero-order valence-electron chi connectivity index (χ0n) is 9.90. The van der Waals surface area contributed by atoms with E-state index in [1.807, 2.05) is 12.1 Å². The summed E-state index contributed by atoms with van der Waals surface area (Å²) in [6.07, 6.45) is -0.430. The zero-order chi connectivity index (χ0) is 12.7. The number of hydrogen-bond acceptors (Lipinski definition) is 3. The molecule has 1 aromatic rings.